The van der Waals surface area contributed by atoms with Crippen molar-refractivity contribution in [2.75, 3.05) is 19.1 Å². The van der Waals surface area contributed by atoms with Gasteiger partial charge in [-0.25, -0.2) is 13.5 Å². The van der Waals surface area contributed by atoms with Crippen LogP contribution in [0.15, 0.2) is 78.9 Å². The first-order chi connectivity index (χ1) is 18.1. The van der Waals surface area contributed by atoms with Crippen molar-refractivity contribution in [2.24, 2.45) is 0 Å². The fourth-order valence-corrected chi connectivity index (χ4v) is 5.67. The third kappa shape index (κ3) is 5.50. The van der Waals surface area contributed by atoms with Gasteiger partial charge in [-0.2, -0.15) is 8.42 Å². The SMILES string of the molecule is COc1ccc(N(C)C(=O)[C@H](Cc2ccccc2)NC(=O)NS(=O)(=O)n2c(C)c(C)c3ccccc32)cc1. The van der Waals surface area contributed by atoms with Crippen LogP contribution in [-0.4, -0.2) is 44.5 Å². The van der Waals surface area contributed by atoms with E-state index < -0.39 is 28.2 Å². The summed E-state index contributed by atoms with van der Waals surface area (Å²) in [5.41, 5.74) is 3.14. The van der Waals surface area contributed by atoms with E-state index in [4.69, 9.17) is 4.74 Å². The van der Waals surface area contributed by atoms with E-state index in [1.807, 2.05) is 49.4 Å². The highest BCUT2D eigenvalue weighted by atomic mass is 32.2. The Bertz CT molecular complexity index is 1560. The molecule has 1 heterocycles. The fraction of sp³-hybridized carbons (Fsp3) is 0.214. The maximum Gasteiger partial charge on any atom is 0.331 e. The number of anilines is 1. The standard InChI is InChI=1S/C28H30N4O5S/c1-19-20(2)32(26-13-9-8-12-24(19)26)38(35,36)30-28(34)29-25(18-21-10-6-5-7-11-21)27(33)31(3)22-14-16-23(37-4)17-15-22/h5-17,25H,18H2,1-4H3,(H2,29,30,34)/t25-/m0/s1. The van der Waals surface area contributed by atoms with E-state index in [1.165, 1.54) is 4.90 Å². The number of carbonyl (C=O) groups is 2. The number of aromatic nitrogens is 1. The number of aryl methyl sites for hydroxylation is 1. The number of benzene rings is 3. The second kappa shape index (κ2) is 11.0. The van der Waals surface area contributed by atoms with Crippen molar-refractivity contribution in [3.63, 3.8) is 0 Å². The lowest BCUT2D eigenvalue weighted by molar-refractivity contribution is -0.120. The second-order valence-electron chi connectivity index (χ2n) is 8.91. The molecule has 0 saturated carbocycles. The Morgan fingerprint density at radius 3 is 2.24 bits per heavy atom. The van der Waals surface area contributed by atoms with E-state index in [2.05, 4.69) is 10.0 Å². The number of carbonyl (C=O) groups excluding carboxylic acids is 2. The molecule has 0 spiro atoms. The van der Waals surface area contributed by atoms with Gasteiger partial charge < -0.3 is 15.0 Å². The van der Waals surface area contributed by atoms with Crippen LogP contribution in [0.5, 0.6) is 5.75 Å². The van der Waals surface area contributed by atoms with Gasteiger partial charge in [-0.05, 0) is 55.3 Å². The van der Waals surface area contributed by atoms with E-state index in [1.54, 1.807) is 57.5 Å². The van der Waals surface area contributed by atoms with Gasteiger partial charge in [0, 0.05) is 30.2 Å². The van der Waals surface area contributed by atoms with Crippen molar-refractivity contribution in [1.29, 1.82) is 0 Å². The molecule has 0 saturated heterocycles. The second-order valence-corrected chi connectivity index (χ2v) is 10.4. The number of nitrogens with one attached hydrogen (secondary N) is 2. The van der Waals surface area contributed by atoms with Gasteiger partial charge in [-0.15, -0.1) is 0 Å². The minimum absolute atomic E-state index is 0.165. The fourth-order valence-electron chi connectivity index (χ4n) is 4.37. The van der Waals surface area contributed by atoms with Crippen molar-refractivity contribution >= 4 is 38.7 Å². The summed E-state index contributed by atoms with van der Waals surface area (Å²) in [7, 11) is -1.16. The highest BCUT2D eigenvalue weighted by molar-refractivity contribution is 7.88. The lowest BCUT2D eigenvalue weighted by Gasteiger charge is -2.25. The van der Waals surface area contributed by atoms with Crippen LogP contribution >= 0.6 is 0 Å². The molecule has 38 heavy (non-hydrogen) atoms. The van der Waals surface area contributed by atoms with Gasteiger partial charge in [-0.1, -0.05) is 48.5 Å². The molecule has 198 valence electrons. The molecule has 4 rings (SSSR count). The Balaban J connectivity index is 1.59. The van der Waals surface area contributed by atoms with Gasteiger partial charge in [0.05, 0.1) is 12.6 Å². The molecule has 9 nitrogen and oxygen atoms in total. The predicted octanol–water partition coefficient (Wildman–Crippen LogP) is 3.93. The van der Waals surface area contributed by atoms with E-state index in [0.717, 1.165) is 20.5 Å². The molecule has 0 fully saturated rings. The smallest absolute Gasteiger partial charge is 0.331 e. The van der Waals surface area contributed by atoms with Crippen LogP contribution in [0.1, 0.15) is 16.8 Å². The number of amides is 3. The minimum atomic E-state index is -4.30. The first kappa shape index (κ1) is 26.7. The Morgan fingerprint density at radius 2 is 1.58 bits per heavy atom. The number of urea groups is 1. The molecular formula is C28H30N4O5S. The summed E-state index contributed by atoms with van der Waals surface area (Å²) in [5.74, 6) is 0.228. The summed E-state index contributed by atoms with van der Waals surface area (Å²) in [6.07, 6.45) is 0.165. The van der Waals surface area contributed by atoms with E-state index in [9.17, 15) is 18.0 Å². The summed E-state index contributed by atoms with van der Waals surface area (Å²) < 4.78 is 35.0. The lowest BCUT2D eigenvalue weighted by Crippen LogP contribution is -2.53. The Kier molecular flexibility index (Phi) is 7.72. The number of rotatable bonds is 8. The molecule has 4 aromatic rings. The van der Waals surface area contributed by atoms with Crippen molar-refractivity contribution < 1.29 is 22.7 Å². The average molecular weight is 535 g/mol. The van der Waals surface area contributed by atoms with Crippen LogP contribution in [0, 0.1) is 13.8 Å². The Morgan fingerprint density at radius 1 is 0.947 bits per heavy atom. The Labute approximate surface area is 222 Å². The number of nitrogens with zero attached hydrogens (tertiary/aromatic N) is 2. The maximum absolute atomic E-state index is 13.5. The van der Waals surface area contributed by atoms with Crippen molar-refractivity contribution in [3.05, 3.63) is 95.7 Å². The molecule has 3 aromatic carbocycles. The lowest BCUT2D eigenvalue weighted by atomic mass is 10.0. The monoisotopic (exact) mass is 534 g/mol. The van der Waals surface area contributed by atoms with Gasteiger partial charge in [-0.3, -0.25) is 4.79 Å². The normalized spacial score (nSPS) is 12.1. The molecular weight excluding hydrogens is 504 g/mol. The molecule has 0 aliphatic heterocycles. The number of methoxy groups -OCH3 is 1. The summed E-state index contributed by atoms with van der Waals surface area (Å²) in [5, 5.41) is 3.35. The molecule has 0 aliphatic carbocycles. The topological polar surface area (TPSA) is 110 Å². The zero-order chi connectivity index (χ0) is 27.4. The molecule has 1 atom stereocenters. The highest BCUT2D eigenvalue weighted by Crippen LogP contribution is 2.26. The molecule has 1 aromatic heterocycles. The zero-order valence-corrected chi connectivity index (χ0v) is 22.5. The van der Waals surface area contributed by atoms with E-state index in [0.29, 0.717) is 22.6 Å². The van der Waals surface area contributed by atoms with Gasteiger partial charge in [0.2, 0.25) is 5.91 Å². The van der Waals surface area contributed by atoms with Crippen LogP contribution in [-0.2, 0) is 21.4 Å². The van der Waals surface area contributed by atoms with Gasteiger partial charge in [0.15, 0.2) is 0 Å². The molecule has 0 bridgehead atoms. The third-order valence-corrected chi connectivity index (χ3v) is 7.91. The number of ether oxygens (including phenoxy) is 1. The maximum atomic E-state index is 13.5. The first-order valence-electron chi connectivity index (χ1n) is 12.0. The van der Waals surface area contributed by atoms with Crippen LogP contribution in [0.2, 0.25) is 0 Å². The largest absolute Gasteiger partial charge is 0.497 e. The predicted molar refractivity (Wildman–Crippen MR) is 148 cm³/mol. The summed E-state index contributed by atoms with van der Waals surface area (Å²) in [6, 6.07) is 21.1. The minimum Gasteiger partial charge on any atom is -0.497 e. The molecule has 3 amide bonds. The number of hydrogen-bond donors (Lipinski definition) is 2. The molecule has 0 unspecified atom stereocenters. The molecule has 2 N–H and O–H groups in total. The third-order valence-electron chi connectivity index (χ3n) is 6.51. The van der Waals surface area contributed by atoms with Gasteiger partial charge in [0.1, 0.15) is 11.8 Å². The average Bonchev–Trinajstić information content (AvgIpc) is 3.18. The summed E-state index contributed by atoms with van der Waals surface area (Å²) >= 11 is 0. The summed E-state index contributed by atoms with van der Waals surface area (Å²) in [4.78, 5) is 27.9. The van der Waals surface area contributed by atoms with Crippen molar-refractivity contribution in [1.82, 2.24) is 14.0 Å². The summed E-state index contributed by atoms with van der Waals surface area (Å²) in [6.45, 7) is 3.51. The number of para-hydroxylation sites is 1. The van der Waals surface area contributed by atoms with E-state index in [-0.39, 0.29) is 6.42 Å². The van der Waals surface area contributed by atoms with Crippen molar-refractivity contribution in [3.8, 4) is 5.75 Å². The first-order valence-corrected chi connectivity index (χ1v) is 13.4. The number of hydrogen-bond acceptors (Lipinski definition) is 5. The van der Waals surface area contributed by atoms with Crippen LogP contribution < -0.4 is 19.7 Å². The van der Waals surface area contributed by atoms with Gasteiger partial charge >= 0.3 is 16.2 Å². The quantitative estimate of drug-likeness (QED) is 0.356. The van der Waals surface area contributed by atoms with Gasteiger partial charge in [0.25, 0.3) is 0 Å². The Hall–Kier alpha value is -4.31. The van der Waals surface area contributed by atoms with Crippen LogP contribution in [0.3, 0.4) is 0 Å². The van der Waals surface area contributed by atoms with Crippen LogP contribution in [0.4, 0.5) is 10.5 Å². The number of likely N-dealkylation sites (N-methyl/N-ethyl adjacent to an activating group) is 1. The molecule has 0 aliphatic rings. The number of fused-ring (bicyclic) bond motifs is 1. The highest BCUT2D eigenvalue weighted by Gasteiger charge is 2.28. The molecule has 10 heteroatoms. The molecule has 0 radical (unpaired) electrons. The van der Waals surface area contributed by atoms with Crippen LogP contribution in [0.25, 0.3) is 10.9 Å². The van der Waals surface area contributed by atoms with Crippen molar-refractivity contribution in [2.45, 2.75) is 26.3 Å². The zero-order valence-electron chi connectivity index (χ0n) is 21.6. The van der Waals surface area contributed by atoms with E-state index >= 15 is 0 Å².